The molecule has 0 saturated heterocycles. The number of para-hydroxylation sites is 1. The molecule has 0 aliphatic rings. The Hall–Kier alpha value is -2.48. The second kappa shape index (κ2) is 8.06. The van der Waals surface area contributed by atoms with Gasteiger partial charge in [-0.1, -0.05) is 18.2 Å². The maximum Gasteiger partial charge on any atom is 0.341 e. The maximum absolute atomic E-state index is 12.5. The van der Waals surface area contributed by atoms with E-state index < -0.39 is 20.5 Å². The first-order valence-corrected chi connectivity index (χ1v) is 8.92. The van der Waals surface area contributed by atoms with Crippen molar-refractivity contribution in [2.24, 2.45) is 0 Å². The van der Waals surface area contributed by atoms with Crippen LogP contribution in [-0.2, 0) is 9.84 Å². The normalized spacial score (nSPS) is 11.4. The Morgan fingerprint density at radius 3 is 2.24 bits per heavy atom. The Labute approximate surface area is 144 Å². The minimum absolute atomic E-state index is 0.204. The molecule has 5 nitrogen and oxygen atoms in total. The number of ether oxygens (including phenoxy) is 1. The highest BCUT2D eigenvalue weighted by molar-refractivity contribution is 7.91. The third kappa shape index (κ3) is 4.76. The van der Waals surface area contributed by atoms with Crippen LogP contribution in [0, 0.1) is 0 Å². The number of alkyl halides is 2. The second-order valence-corrected chi connectivity index (χ2v) is 7.14. The minimum atomic E-state index is -4.66. The van der Waals surface area contributed by atoms with E-state index in [2.05, 4.69) is 0 Å². The molecule has 0 aliphatic carbocycles. The van der Waals surface area contributed by atoms with E-state index in [1.807, 2.05) is 18.2 Å². The van der Waals surface area contributed by atoms with Crippen LogP contribution in [0.15, 0.2) is 59.5 Å². The van der Waals surface area contributed by atoms with Gasteiger partial charge in [-0.3, -0.25) is 4.79 Å². The van der Waals surface area contributed by atoms with Crippen molar-refractivity contribution in [3.63, 3.8) is 0 Å². The van der Waals surface area contributed by atoms with Crippen LogP contribution in [0.1, 0.15) is 10.4 Å². The van der Waals surface area contributed by atoms with E-state index in [0.29, 0.717) is 12.3 Å². The van der Waals surface area contributed by atoms with Gasteiger partial charge in [0.2, 0.25) is 9.84 Å². The SMILES string of the molecule is CN(CCOc1ccccc1)C(=O)c1ccc(S(=O)(=O)C(F)F)cc1. The number of carbonyl (C=O) groups is 1. The summed E-state index contributed by atoms with van der Waals surface area (Å²) in [7, 11) is -3.09. The van der Waals surface area contributed by atoms with E-state index in [-0.39, 0.29) is 18.1 Å². The number of likely N-dealkylation sites (N-methyl/N-ethyl adjacent to an activating group) is 1. The fraction of sp³-hybridized carbons (Fsp3) is 0.235. The number of hydrogen-bond donors (Lipinski definition) is 0. The Morgan fingerprint density at radius 1 is 1.08 bits per heavy atom. The highest BCUT2D eigenvalue weighted by atomic mass is 32.2. The van der Waals surface area contributed by atoms with Crippen molar-refractivity contribution in [1.29, 1.82) is 0 Å². The Balaban J connectivity index is 1.95. The topological polar surface area (TPSA) is 63.7 Å². The van der Waals surface area contributed by atoms with Gasteiger partial charge >= 0.3 is 5.76 Å². The number of halogens is 2. The van der Waals surface area contributed by atoms with Gasteiger partial charge in [-0.15, -0.1) is 0 Å². The molecule has 0 atom stereocenters. The lowest BCUT2D eigenvalue weighted by Gasteiger charge is -2.17. The van der Waals surface area contributed by atoms with Crippen molar-refractivity contribution >= 4 is 15.7 Å². The van der Waals surface area contributed by atoms with Crippen molar-refractivity contribution in [3.8, 4) is 5.75 Å². The molecule has 0 aromatic heterocycles. The average Bonchev–Trinajstić information content (AvgIpc) is 2.62. The molecule has 1 amide bonds. The first kappa shape index (κ1) is 18.9. The standard InChI is InChI=1S/C17H17F2NO4S/c1-20(11-12-24-14-5-3-2-4-6-14)16(21)13-7-9-15(10-8-13)25(22,23)17(18)19/h2-10,17H,11-12H2,1H3. The first-order valence-electron chi connectivity index (χ1n) is 7.38. The number of amides is 1. The molecule has 134 valence electrons. The molecule has 2 rings (SSSR count). The Kier molecular flexibility index (Phi) is 6.08. The smallest absolute Gasteiger partial charge is 0.341 e. The highest BCUT2D eigenvalue weighted by Gasteiger charge is 2.26. The van der Waals surface area contributed by atoms with E-state index in [1.54, 1.807) is 19.2 Å². The summed E-state index contributed by atoms with van der Waals surface area (Å²) < 4.78 is 53.2. The zero-order valence-electron chi connectivity index (χ0n) is 13.4. The van der Waals surface area contributed by atoms with Gasteiger partial charge in [-0.2, -0.15) is 8.78 Å². The Bertz CT molecular complexity index is 808. The molecule has 0 saturated carbocycles. The van der Waals surface area contributed by atoms with Crippen molar-refractivity contribution in [2.75, 3.05) is 20.2 Å². The third-order valence-electron chi connectivity index (χ3n) is 3.45. The van der Waals surface area contributed by atoms with E-state index in [1.165, 1.54) is 17.0 Å². The summed E-state index contributed by atoms with van der Waals surface area (Å²) >= 11 is 0. The lowest BCUT2D eigenvalue weighted by Crippen LogP contribution is -2.30. The number of nitrogens with zero attached hydrogens (tertiary/aromatic N) is 1. The molecule has 0 spiro atoms. The lowest BCUT2D eigenvalue weighted by atomic mass is 10.2. The molecule has 0 bridgehead atoms. The summed E-state index contributed by atoms with van der Waals surface area (Å²) in [6.07, 6.45) is 0. The van der Waals surface area contributed by atoms with E-state index >= 15 is 0 Å². The summed E-state index contributed by atoms with van der Waals surface area (Å²) in [5.74, 6) is -3.17. The summed E-state index contributed by atoms with van der Waals surface area (Å²) in [5, 5.41) is 0. The van der Waals surface area contributed by atoms with E-state index in [9.17, 15) is 22.0 Å². The van der Waals surface area contributed by atoms with Gasteiger partial charge in [0.1, 0.15) is 12.4 Å². The number of benzene rings is 2. The molecule has 0 unspecified atom stereocenters. The van der Waals surface area contributed by atoms with Crippen molar-refractivity contribution in [1.82, 2.24) is 4.90 Å². The molecule has 0 radical (unpaired) electrons. The summed E-state index contributed by atoms with van der Waals surface area (Å²) in [4.78, 5) is 13.1. The van der Waals surface area contributed by atoms with Crippen LogP contribution in [0.3, 0.4) is 0 Å². The molecule has 0 fully saturated rings. The van der Waals surface area contributed by atoms with Gasteiger partial charge in [0.05, 0.1) is 11.4 Å². The summed E-state index contributed by atoms with van der Waals surface area (Å²) in [6, 6.07) is 13.6. The van der Waals surface area contributed by atoms with Crippen LogP contribution in [0.5, 0.6) is 5.75 Å². The average molecular weight is 369 g/mol. The van der Waals surface area contributed by atoms with Gasteiger partial charge in [-0.05, 0) is 36.4 Å². The van der Waals surface area contributed by atoms with Crippen LogP contribution >= 0.6 is 0 Å². The zero-order chi connectivity index (χ0) is 18.4. The summed E-state index contributed by atoms with van der Waals surface area (Å²) in [5.41, 5.74) is 0.204. The predicted molar refractivity (Wildman–Crippen MR) is 88.5 cm³/mol. The van der Waals surface area contributed by atoms with E-state index in [0.717, 1.165) is 12.1 Å². The number of rotatable bonds is 7. The number of sulfone groups is 1. The van der Waals surface area contributed by atoms with Crippen molar-refractivity contribution in [2.45, 2.75) is 10.7 Å². The van der Waals surface area contributed by atoms with Gasteiger partial charge in [-0.25, -0.2) is 8.42 Å². The van der Waals surface area contributed by atoms with Crippen LogP contribution < -0.4 is 4.74 Å². The second-order valence-electron chi connectivity index (χ2n) is 5.22. The molecular weight excluding hydrogens is 352 g/mol. The Morgan fingerprint density at radius 2 is 1.68 bits per heavy atom. The number of carbonyl (C=O) groups excluding carboxylic acids is 1. The van der Waals surface area contributed by atoms with E-state index in [4.69, 9.17) is 4.74 Å². The fourth-order valence-corrected chi connectivity index (χ4v) is 2.75. The molecule has 2 aromatic carbocycles. The monoisotopic (exact) mass is 369 g/mol. The molecule has 0 heterocycles. The van der Waals surface area contributed by atoms with Crippen LogP contribution in [0.4, 0.5) is 8.78 Å². The summed E-state index contributed by atoms with van der Waals surface area (Å²) in [6.45, 7) is 0.592. The largest absolute Gasteiger partial charge is 0.492 e. The fourth-order valence-electron chi connectivity index (χ4n) is 2.03. The van der Waals surface area contributed by atoms with Gasteiger partial charge < -0.3 is 9.64 Å². The zero-order valence-corrected chi connectivity index (χ0v) is 14.2. The highest BCUT2D eigenvalue weighted by Crippen LogP contribution is 2.19. The lowest BCUT2D eigenvalue weighted by molar-refractivity contribution is 0.0773. The first-order chi connectivity index (χ1) is 11.8. The van der Waals surface area contributed by atoms with Gasteiger partial charge in [0.15, 0.2) is 0 Å². The van der Waals surface area contributed by atoms with Crippen LogP contribution in [0.25, 0.3) is 0 Å². The van der Waals surface area contributed by atoms with Crippen molar-refractivity contribution in [3.05, 3.63) is 60.2 Å². The number of hydrogen-bond acceptors (Lipinski definition) is 4. The maximum atomic E-state index is 12.5. The quantitative estimate of drug-likeness (QED) is 0.753. The molecule has 25 heavy (non-hydrogen) atoms. The molecule has 8 heteroatoms. The van der Waals surface area contributed by atoms with Gasteiger partial charge in [0, 0.05) is 12.6 Å². The molecule has 2 aromatic rings. The van der Waals surface area contributed by atoms with Gasteiger partial charge in [0.25, 0.3) is 5.91 Å². The molecule has 0 aliphatic heterocycles. The minimum Gasteiger partial charge on any atom is -0.492 e. The van der Waals surface area contributed by atoms with Crippen LogP contribution in [0.2, 0.25) is 0 Å². The molecule has 0 N–H and O–H groups in total. The van der Waals surface area contributed by atoms with Crippen molar-refractivity contribution < 1.29 is 26.7 Å². The molecular formula is C17H17F2NO4S. The predicted octanol–water partition coefficient (Wildman–Crippen LogP) is 2.83. The van der Waals surface area contributed by atoms with Crippen LogP contribution in [-0.4, -0.2) is 45.2 Å². The third-order valence-corrected chi connectivity index (χ3v) is 4.85.